The van der Waals surface area contributed by atoms with Crippen LogP contribution in [0.15, 0.2) is 30.3 Å². The molecule has 0 aliphatic rings. The third kappa shape index (κ3) is 1.84. The summed E-state index contributed by atoms with van der Waals surface area (Å²) in [5, 5.41) is 16.7. The molecule has 0 saturated carbocycles. The van der Waals surface area contributed by atoms with Gasteiger partial charge in [-0.15, -0.1) is 0 Å². The van der Waals surface area contributed by atoms with Gasteiger partial charge >= 0.3 is 0 Å². The van der Waals surface area contributed by atoms with E-state index >= 15 is 0 Å². The van der Waals surface area contributed by atoms with Crippen LogP contribution in [0.5, 0.6) is 0 Å². The number of nitrogens with one attached hydrogen (secondary N) is 1. The summed E-state index contributed by atoms with van der Waals surface area (Å²) in [7, 11) is 1.77. The lowest BCUT2D eigenvalue weighted by molar-refractivity contribution is 0.205. The van der Waals surface area contributed by atoms with Gasteiger partial charge < -0.3 is 9.67 Å². The Morgan fingerprint density at radius 3 is 2.60 bits per heavy atom. The Balaban J connectivity index is 2.41. The van der Waals surface area contributed by atoms with Crippen LogP contribution < -0.4 is 0 Å². The van der Waals surface area contributed by atoms with E-state index in [1.807, 2.05) is 30.3 Å². The average molecular weight is 221 g/mol. The van der Waals surface area contributed by atoms with Crippen LogP contribution in [0.3, 0.4) is 0 Å². The van der Waals surface area contributed by atoms with E-state index in [4.69, 9.17) is 12.2 Å². The predicted octanol–water partition coefficient (Wildman–Crippen LogP) is 1.56. The summed E-state index contributed by atoms with van der Waals surface area (Å²) in [6, 6.07) is 9.35. The molecule has 2 N–H and O–H groups in total. The van der Waals surface area contributed by atoms with Crippen molar-refractivity contribution in [3.8, 4) is 0 Å². The lowest BCUT2D eigenvalue weighted by atomic mass is 10.1. The average Bonchev–Trinajstić information content (AvgIpc) is 2.60. The molecule has 0 fully saturated rings. The highest BCUT2D eigenvalue weighted by molar-refractivity contribution is 7.71. The lowest BCUT2D eigenvalue weighted by Gasteiger charge is -2.09. The van der Waals surface area contributed by atoms with Gasteiger partial charge in [-0.2, -0.15) is 5.10 Å². The van der Waals surface area contributed by atoms with Crippen LogP contribution in [-0.4, -0.2) is 19.9 Å². The van der Waals surface area contributed by atoms with Gasteiger partial charge in [-0.3, -0.25) is 5.10 Å². The predicted molar refractivity (Wildman–Crippen MR) is 58.9 cm³/mol. The first-order valence-electron chi connectivity index (χ1n) is 4.54. The molecule has 0 aliphatic carbocycles. The zero-order chi connectivity index (χ0) is 10.8. The molecule has 2 rings (SSSR count). The van der Waals surface area contributed by atoms with Crippen LogP contribution >= 0.6 is 12.2 Å². The van der Waals surface area contributed by atoms with Gasteiger partial charge in [-0.1, -0.05) is 30.3 Å². The van der Waals surface area contributed by atoms with Crippen LogP contribution in [0.4, 0.5) is 0 Å². The molecule has 15 heavy (non-hydrogen) atoms. The number of benzene rings is 1. The van der Waals surface area contributed by atoms with Gasteiger partial charge in [0.2, 0.25) is 0 Å². The van der Waals surface area contributed by atoms with Crippen molar-refractivity contribution in [2.24, 2.45) is 7.05 Å². The minimum Gasteiger partial charge on any atom is -0.380 e. The van der Waals surface area contributed by atoms with E-state index in [9.17, 15) is 5.11 Å². The summed E-state index contributed by atoms with van der Waals surface area (Å²) in [4.78, 5) is 0. The maximum atomic E-state index is 10.0. The van der Waals surface area contributed by atoms with Crippen molar-refractivity contribution in [3.63, 3.8) is 0 Å². The molecule has 0 radical (unpaired) electrons. The number of aromatic nitrogens is 3. The van der Waals surface area contributed by atoms with Crippen LogP contribution in [0.25, 0.3) is 0 Å². The summed E-state index contributed by atoms with van der Waals surface area (Å²) in [5.74, 6) is 0.520. The molecule has 5 heteroatoms. The number of aliphatic hydroxyl groups is 1. The zero-order valence-corrected chi connectivity index (χ0v) is 9.03. The van der Waals surface area contributed by atoms with Crippen molar-refractivity contribution in [1.29, 1.82) is 0 Å². The van der Waals surface area contributed by atoms with Gasteiger partial charge in [-0.25, -0.2) is 0 Å². The van der Waals surface area contributed by atoms with Crippen molar-refractivity contribution >= 4 is 12.2 Å². The third-order valence-corrected chi connectivity index (χ3v) is 2.64. The fraction of sp³-hybridized carbons (Fsp3) is 0.200. The Hall–Kier alpha value is -1.46. The number of rotatable bonds is 2. The summed E-state index contributed by atoms with van der Waals surface area (Å²) in [5.41, 5.74) is 0.801. The maximum Gasteiger partial charge on any atom is 0.194 e. The van der Waals surface area contributed by atoms with Crippen LogP contribution in [-0.2, 0) is 7.05 Å². The summed E-state index contributed by atoms with van der Waals surface area (Å²) in [6.07, 6.45) is -0.746. The van der Waals surface area contributed by atoms with E-state index in [1.165, 1.54) is 0 Å². The Morgan fingerprint density at radius 2 is 2.07 bits per heavy atom. The molecule has 78 valence electrons. The normalized spacial score (nSPS) is 12.7. The first-order valence-corrected chi connectivity index (χ1v) is 4.95. The molecule has 0 unspecified atom stereocenters. The molecule has 1 aromatic carbocycles. The number of H-pyrrole nitrogens is 1. The largest absolute Gasteiger partial charge is 0.380 e. The topological polar surface area (TPSA) is 53.8 Å². The Labute approximate surface area is 92.2 Å². The van der Waals surface area contributed by atoms with E-state index in [0.29, 0.717) is 10.6 Å². The van der Waals surface area contributed by atoms with Crippen LogP contribution in [0, 0.1) is 4.77 Å². The van der Waals surface area contributed by atoms with Crippen molar-refractivity contribution in [2.75, 3.05) is 0 Å². The van der Waals surface area contributed by atoms with Gasteiger partial charge in [0.25, 0.3) is 0 Å². The van der Waals surface area contributed by atoms with E-state index in [1.54, 1.807) is 11.6 Å². The molecule has 1 aromatic heterocycles. The molecule has 0 bridgehead atoms. The maximum absolute atomic E-state index is 10.0. The Kier molecular flexibility index (Phi) is 2.66. The number of hydrogen-bond acceptors (Lipinski definition) is 3. The molecular formula is C10H11N3OS. The zero-order valence-electron chi connectivity index (χ0n) is 8.21. The lowest BCUT2D eigenvalue weighted by Crippen LogP contribution is -2.07. The fourth-order valence-electron chi connectivity index (χ4n) is 1.39. The molecule has 1 atom stereocenters. The van der Waals surface area contributed by atoms with Crippen molar-refractivity contribution in [3.05, 3.63) is 46.5 Å². The van der Waals surface area contributed by atoms with Crippen LogP contribution in [0.1, 0.15) is 17.5 Å². The monoisotopic (exact) mass is 221 g/mol. The Bertz CT molecular complexity index is 503. The van der Waals surface area contributed by atoms with Crippen molar-refractivity contribution < 1.29 is 5.11 Å². The van der Waals surface area contributed by atoms with Gasteiger partial charge in [0, 0.05) is 7.05 Å². The molecule has 4 nitrogen and oxygen atoms in total. The third-order valence-electron chi connectivity index (χ3n) is 2.27. The van der Waals surface area contributed by atoms with Gasteiger partial charge in [0.05, 0.1) is 0 Å². The number of hydrogen-bond donors (Lipinski definition) is 2. The molecular weight excluding hydrogens is 210 g/mol. The van der Waals surface area contributed by atoms with Gasteiger partial charge in [0.1, 0.15) is 6.10 Å². The SMILES string of the molecule is Cn1c([C@@H](O)c2ccccc2)n[nH]c1=S. The second-order valence-corrected chi connectivity index (χ2v) is 3.65. The highest BCUT2D eigenvalue weighted by Crippen LogP contribution is 2.18. The van der Waals surface area contributed by atoms with Gasteiger partial charge in [-0.05, 0) is 17.8 Å². The minimum absolute atomic E-state index is 0.500. The molecule has 0 saturated heterocycles. The van der Waals surface area contributed by atoms with Crippen molar-refractivity contribution in [1.82, 2.24) is 14.8 Å². The number of aromatic amines is 1. The molecule has 2 aromatic rings. The summed E-state index contributed by atoms with van der Waals surface area (Å²) >= 11 is 4.98. The molecule has 0 spiro atoms. The van der Waals surface area contributed by atoms with E-state index < -0.39 is 6.10 Å². The number of aliphatic hydroxyl groups excluding tert-OH is 1. The van der Waals surface area contributed by atoms with Gasteiger partial charge in [0.15, 0.2) is 10.6 Å². The van der Waals surface area contributed by atoms with E-state index in [-0.39, 0.29) is 0 Å². The second-order valence-electron chi connectivity index (χ2n) is 3.26. The Morgan fingerprint density at radius 1 is 1.40 bits per heavy atom. The summed E-state index contributed by atoms with van der Waals surface area (Å²) < 4.78 is 2.16. The smallest absolute Gasteiger partial charge is 0.194 e. The molecule has 1 heterocycles. The fourth-order valence-corrected chi connectivity index (χ4v) is 1.53. The quantitative estimate of drug-likeness (QED) is 0.757. The van der Waals surface area contributed by atoms with E-state index in [2.05, 4.69) is 10.2 Å². The first kappa shape index (κ1) is 10.1. The van der Waals surface area contributed by atoms with Crippen LogP contribution in [0.2, 0.25) is 0 Å². The number of nitrogens with zero attached hydrogens (tertiary/aromatic N) is 2. The second kappa shape index (κ2) is 3.96. The van der Waals surface area contributed by atoms with E-state index in [0.717, 1.165) is 5.56 Å². The molecule has 0 aliphatic heterocycles. The summed E-state index contributed by atoms with van der Waals surface area (Å²) in [6.45, 7) is 0. The first-order chi connectivity index (χ1) is 7.20. The standard InChI is InChI=1S/C10H11N3OS/c1-13-9(11-12-10(13)15)8(14)7-5-3-2-4-6-7/h2-6,8,14H,1H3,(H,12,15)/t8-/m0/s1. The minimum atomic E-state index is -0.746. The highest BCUT2D eigenvalue weighted by atomic mass is 32.1. The van der Waals surface area contributed by atoms with Crippen molar-refractivity contribution in [2.45, 2.75) is 6.10 Å². The highest BCUT2D eigenvalue weighted by Gasteiger charge is 2.15. The molecule has 0 amide bonds.